The average Bonchev–Trinajstić information content (AvgIpc) is 3.66. The first-order valence-electron chi connectivity index (χ1n) is 15.2. The van der Waals surface area contributed by atoms with Gasteiger partial charge in [0.1, 0.15) is 16.7 Å². The van der Waals surface area contributed by atoms with E-state index in [1.807, 2.05) is 36.0 Å². The minimum absolute atomic E-state index is 0.00833. The Kier molecular flexibility index (Phi) is 10.3. The number of nitrogens with zero attached hydrogens (tertiary/aromatic N) is 1. The molecule has 1 fully saturated rings. The summed E-state index contributed by atoms with van der Waals surface area (Å²) in [5.74, 6) is 5.28. The van der Waals surface area contributed by atoms with Crippen molar-refractivity contribution in [2.24, 2.45) is 7.05 Å². The number of rotatable bonds is 10. The first kappa shape index (κ1) is 32.6. The van der Waals surface area contributed by atoms with Crippen molar-refractivity contribution in [1.82, 2.24) is 9.29 Å². The quantitative estimate of drug-likeness (QED) is 0.153. The number of sulfonamides is 1. The monoisotopic (exact) mass is 643 g/mol. The molecule has 4 aromatic rings. The van der Waals surface area contributed by atoms with Gasteiger partial charge in [0.2, 0.25) is 0 Å². The van der Waals surface area contributed by atoms with Gasteiger partial charge in [-0.1, -0.05) is 30.0 Å². The second kappa shape index (κ2) is 14.5. The summed E-state index contributed by atoms with van der Waals surface area (Å²) < 4.78 is 41.7. The van der Waals surface area contributed by atoms with Gasteiger partial charge in [-0.05, 0) is 85.7 Å². The molecule has 46 heavy (non-hydrogen) atoms. The Balaban J connectivity index is 1.33. The number of unbranched alkanes of at least 4 members (excludes halogenated alkanes) is 1. The van der Waals surface area contributed by atoms with Gasteiger partial charge in [0.15, 0.2) is 0 Å². The third-order valence-electron chi connectivity index (χ3n) is 7.91. The fourth-order valence-corrected chi connectivity index (χ4v) is 6.74. The smallest absolute Gasteiger partial charge is 0.411 e. The predicted octanol–water partition coefficient (Wildman–Crippen LogP) is 5.51. The van der Waals surface area contributed by atoms with E-state index >= 15 is 0 Å². The van der Waals surface area contributed by atoms with Crippen LogP contribution >= 0.6 is 0 Å². The second-order valence-electron chi connectivity index (χ2n) is 11.2. The first-order valence-corrected chi connectivity index (χ1v) is 16.6. The van der Waals surface area contributed by atoms with Gasteiger partial charge in [-0.25, -0.2) is 17.9 Å². The summed E-state index contributed by atoms with van der Waals surface area (Å²) in [6, 6.07) is 16.7. The number of anilines is 1. The molecule has 0 radical (unpaired) electrons. The van der Waals surface area contributed by atoms with Crippen molar-refractivity contribution in [2.45, 2.75) is 55.9 Å². The summed E-state index contributed by atoms with van der Waals surface area (Å²) in [4.78, 5) is 25.5. The number of ether oxygens (including phenoxy) is 2. The van der Waals surface area contributed by atoms with E-state index in [-0.39, 0.29) is 28.7 Å². The van der Waals surface area contributed by atoms with E-state index in [2.05, 4.69) is 21.9 Å². The molecule has 0 aliphatic heterocycles. The minimum Gasteiger partial charge on any atom is -0.496 e. The van der Waals surface area contributed by atoms with E-state index in [0.717, 1.165) is 47.7 Å². The van der Waals surface area contributed by atoms with Crippen molar-refractivity contribution in [3.63, 3.8) is 0 Å². The Hall–Kier alpha value is -4.79. The van der Waals surface area contributed by atoms with Crippen LogP contribution in [0.5, 0.6) is 5.75 Å². The molecular weight excluding hydrogens is 606 g/mol. The van der Waals surface area contributed by atoms with E-state index in [1.165, 1.54) is 19.2 Å². The van der Waals surface area contributed by atoms with Crippen LogP contribution in [-0.2, 0) is 28.2 Å². The number of hydrogen-bond acceptors (Lipinski definition) is 7. The van der Waals surface area contributed by atoms with Gasteiger partial charge in [-0.2, -0.15) is 0 Å². The maximum atomic E-state index is 13.2. The number of amides is 2. The lowest BCUT2D eigenvalue weighted by Gasteiger charge is -2.13. The number of aromatic nitrogens is 1. The van der Waals surface area contributed by atoms with Gasteiger partial charge in [-0.15, -0.1) is 0 Å². The lowest BCUT2D eigenvalue weighted by Crippen LogP contribution is -2.31. The number of methoxy groups -OCH3 is 1. The zero-order valence-electron chi connectivity index (χ0n) is 25.8. The van der Waals surface area contributed by atoms with E-state index in [1.54, 1.807) is 30.3 Å². The average molecular weight is 644 g/mol. The molecule has 11 heteroatoms. The molecule has 240 valence electrons. The van der Waals surface area contributed by atoms with Gasteiger partial charge in [0, 0.05) is 60.4 Å². The summed E-state index contributed by atoms with van der Waals surface area (Å²) in [7, 11) is -0.803. The SMILES string of the molecule is COc1cc(C(=O)NS(=O)(=O)c2ccccc2C#CCCCO)ccc1Cc1cn(C)c2ccc(NC(=O)OC3CCCC3)cc12. The Morgan fingerprint density at radius 1 is 1.04 bits per heavy atom. The van der Waals surface area contributed by atoms with Crippen LogP contribution in [-0.4, -0.2) is 49.9 Å². The number of carbonyl (C=O) groups excluding carboxylic acids is 2. The topological polar surface area (TPSA) is 136 Å². The number of carbonyl (C=O) groups is 2. The second-order valence-corrected chi connectivity index (χ2v) is 12.8. The Bertz CT molecular complexity index is 1920. The fraction of sp³-hybridized carbons (Fsp3) is 0.314. The predicted molar refractivity (Wildman–Crippen MR) is 175 cm³/mol. The standard InChI is InChI=1S/C35H37N3O7S/c1-38-23-27(30-22-28(17-18-31(30)38)36-35(41)45-29-12-6-7-13-29)20-25-15-16-26(21-32(25)44-2)34(40)37-46(42,43)33-14-8-5-11-24(33)10-4-3-9-19-39/h5,8,11,14-18,21-23,29,39H,3,6-7,9,12-13,19-20H2,1-2H3,(H,36,41)(H,37,40). The molecule has 3 N–H and O–H groups in total. The Morgan fingerprint density at radius 3 is 2.59 bits per heavy atom. The minimum atomic E-state index is -4.23. The molecule has 5 rings (SSSR count). The lowest BCUT2D eigenvalue weighted by molar-refractivity contribution is 0.0980. The van der Waals surface area contributed by atoms with Crippen LogP contribution in [0.25, 0.3) is 10.9 Å². The van der Waals surface area contributed by atoms with Crippen LogP contribution in [0.3, 0.4) is 0 Å². The molecule has 1 heterocycles. The van der Waals surface area contributed by atoms with Crippen molar-refractivity contribution in [1.29, 1.82) is 0 Å². The largest absolute Gasteiger partial charge is 0.496 e. The summed E-state index contributed by atoms with van der Waals surface area (Å²) in [5.41, 5.74) is 3.73. The van der Waals surface area contributed by atoms with Crippen LogP contribution in [0, 0.1) is 11.8 Å². The molecule has 1 aliphatic carbocycles. The van der Waals surface area contributed by atoms with Crippen molar-refractivity contribution in [3.8, 4) is 17.6 Å². The molecule has 0 bridgehead atoms. The van der Waals surface area contributed by atoms with Gasteiger partial charge >= 0.3 is 6.09 Å². The highest BCUT2D eigenvalue weighted by Gasteiger charge is 2.23. The number of aliphatic hydroxyl groups is 1. The van der Waals surface area contributed by atoms with Crippen LogP contribution in [0.1, 0.15) is 65.6 Å². The van der Waals surface area contributed by atoms with E-state index in [4.69, 9.17) is 14.6 Å². The van der Waals surface area contributed by atoms with Crippen LogP contribution in [0.4, 0.5) is 10.5 Å². The van der Waals surface area contributed by atoms with Gasteiger partial charge in [-0.3, -0.25) is 10.1 Å². The van der Waals surface area contributed by atoms with Crippen LogP contribution < -0.4 is 14.8 Å². The highest BCUT2D eigenvalue weighted by Crippen LogP contribution is 2.30. The summed E-state index contributed by atoms with van der Waals surface area (Å²) in [6.07, 6.45) is 6.78. The van der Waals surface area contributed by atoms with Crippen LogP contribution in [0.2, 0.25) is 0 Å². The van der Waals surface area contributed by atoms with Crippen molar-refractivity contribution >= 4 is 38.6 Å². The van der Waals surface area contributed by atoms with Crippen molar-refractivity contribution < 1.29 is 32.6 Å². The van der Waals surface area contributed by atoms with E-state index in [9.17, 15) is 18.0 Å². The third kappa shape index (κ3) is 7.70. The Labute approximate surface area is 268 Å². The number of aliphatic hydroxyl groups excluding tert-OH is 1. The van der Waals surface area contributed by atoms with E-state index in [0.29, 0.717) is 30.7 Å². The van der Waals surface area contributed by atoms with E-state index < -0.39 is 22.0 Å². The number of hydrogen-bond donors (Lipinski definition) is 3. The number of benzene rings is 3. The number of nitrogens with one attached hydrogen (secondary N) is 2. The first-order chi connectivity index (χ1) is 22.2. The molecule has 0 saturated heterocycles. The molecular formula is C35H37N3O7S. The van der Waals surface area contributed by atoms with Crippen molar-refractivity contribution in [2.75, 3.05) is 19.0 Å². The van der Waals surface area contributed by atoms with Crippen molar-refractivity contribution in [3.05, 3.63) is 89.1 Å². The number of aryl methyl sites for hydroxylation is 1. The highest BCUT2D eigenvalue weighted by molar-refractivity contribution is 7.90. The number of fused-ring (bicyclic) bond motifs is 1. The highest BCUT2D eigenvalue weighted by atomic mass is 32.2. The molecule has 0 unspecified atom stereocenters. The summed E-state index contributed by atoms with van der Waals surface area (Å²) in [5, 5.41) is 12.7. The van der Waals surface area contributed by atoms with Gasteiger partial charge in [0.05, 0.1) is 7.11 Å². The Morgan fingerprint density at radius 2 is 1.83 bits per heavy atom. The zero-order valence-corrected chi connectivity index (χ0v) is 26.7. The molecule has 3 aromatic carbocycles. The maximum absolute atomic E-state index is 13.2. The molecule has 0 spiro atoms. The van der Waals surface area contributed by atoms with Crippen LogP contribution in [0.15, 0.2) is 71.8 Å². The zero-order chi connectivity index (χ0) is 32.7. The van der Waals surface area contributed by atoms with Gasteiger partial charge in [0.25, 0.3) is 15.9 Å². The molecule has 10 nitrogen and oxygen atoms in total. The normalized spacial score (nSPS) is 13.2. The van der Waals surface area contributed by atoms with Gasteiger partial charge < -0.3 is 19.1 Å². The summed E-state index contributed by atoms with van der Waals surface area (Å²) >= 11 is 0. The third-order valence-corrected chi connectivity index (χ3v) is 9.30. The fourth-order valence-electron chi connectivity index (χ4n) is 5.60. The lowest BCUT2D eigenvalue weighted by atomic mass is 10.0. The molecule has 1 aromatic heterocycles. The molecule has 1 saturated carbocycles. The summed E-state index contributed by atoms with van der Waals surface area (Å²) in [6.45, 7) is -0.00833. The molecule has 2 amide bonds. The molecule has 1 aliphatic rings. The maximum Gasteiger partial charge on any atom is 0.411 e. The molecule has 0 atom stereocenters.